The first-order chi connectivity index (χ1) is 9.51. The Bertz CT molecular complexity index is 458. The maximum absolute atomic E-state index is 12.3. The number of carbonyl (C=O) groups excluding carboxylic acids is 1. The van der Waals surface area contributed by atoms with E-state index in [0.717, 1.165) is 11.4 Å². The number of rotatable bonds is 4. The second-order valence-corrected chi connectivity index (χ2v) is 7.18. The Morgan fingerprint density at radius 1 is 1.55 bits per heavy atom. The van der Waals surface area contributed by atoms with E-state index in [4.69, 9.17) is 5.73 Å². The van der Waals surface area contributed by atoms with Crippen molar-refractivity contribution in [3.8, 4) is 0 Å². The lowest BCUT2D eigenvalue weighted by molar-refractivity contribution is 0.0863. The average Bonchev–Trinajstić information content (AvgIpc) is 2.87. The van der Waals surface area contributed by atoms with Crippen LogP contribution in [0.25, 0.3) is 0 Å². The lowest BCUT2D eigenvalue weighted by atomic mass is 9.74. The monoisotopic (exact) mass is 295 g/mol. The molecular weight excluding hydrogens is 270 g/mol. The van der Waals surface area contributed by atoms with Crippen LogP contribution in [0.15, 0.2) is 5.38 Å². The van der Waals surface area contributed by atoms with Crippen molar-refractivity contribution in [1.82, 2.24) is 10.3 Å². The van der Waals surface area contributed by atoms with Crippen molar-refractivity contribution in [2.45, 2.75) is 52.6 Å². The van der Waals surface area contributed by atoms with E-state index < -0.39 is 0 Å². The summed E-state index contributed by atoms with van der Waals surface area (Å²) in [7, 11) is 0. The lowest BCUT2D eigenvalue weighted by Gasteiger charge is -2.37. The largest absolute Gasteiger partial charge is 0.348 e. The van der Waals surface area contributed by atoms with Crippen molar-refractivity contribution in [2.75, 3.05) is 0 Å². The third-order valence-electron chi connectivity index (χ3n) is 4.30. The first-order valence-corrected chi connectivity index (χ1v) is 8.34. The van der Waals surface area contributed by atoms with Crippen LogP contribution in [-0.2, 0) is 6.54 Å². The highest BCUT2D eigenvalue weighted by molar-refractivity contribution is 7.09. The number of hydrogen-bond donors (Lipinski definition) is 2. The number of aromatic nitrogens is 1. The summed E-state index contributed by atoms with van der Waals surface area (Å²) in [5.41, 5.74) is 6.05. The molecule has 0 spiro atoms. The van der Waals surface area contributed by atoms with Crippen molar-refractivity contribution in [2.24, 2.45) is 23.5 Å². The molecule has 1 aromatic rings. The summed E-state index contributed by atoms with van der Waals surface area (Å²) in [6.07, 6.45) is 3.54. The Morgan fingerprint density at radius 2 is 2.30 bits per heavy atom. The van der Waals surface area contributed by atoms with Crippen LogP contribution in [0.2, 0.25) is 0 Å². The second-order valence-electron chi connectivity index (χ2n) is 6.24. The molecule has 1 fully saturated rings. The highest BCUT2D eigenvalue weighted by Crippen LogP contribution is 2.33. The molecule has 1 saturated carbocycles. The van der Waals surface area contributed by atoms with E-state index in [1.54, 1.807) is 5.38 Å². The standard InChI is InChI=1S/C15H25N3OS/c1-9(2)11-5-4-10(3)6-12(11)18-15(19)13-8-20-14(7-16)17-13/h8-12H,4-7,16H2,1-3H3,(H,18,19). The number of thiazole rings is 1. The molecule has 3 atom stereocenters. The molecule has 1 amide bonds. The highest BCUT2D eigenvalue weighted by Gasteiger charge is 2.32. The fourth-order valence-corrected chi connectivity index (χ4v) is 3.77. The van der Waals surface area contributed by atoms with E-state index in [-0.39, 0.29) is 11.9 Å². The Morgan fingerprint density at radius 3 is 2.90 bits per heavy atom. The maximum Gasteiger partial charge on any atom is 0.270 e. The van der Waals surface area contributed by atoms with Gasteiger partial charge in [-0.05, 0) is 30.6 Å². The molecule has 20 heavy (non-hydrogen) atoms. The third-order valence-corrected chi connectivity index (χ3v) is 5.17. The number of nitrogens with one attached hydrogen (secondary N) is 1. The van der Waals surface area contributed by atoms with Gasteiger partial charge in [0.05, 0.1) is 0 Å². The molecule has 5 heteroatoms. The molecule has 0 aliphatic heterocycles. The number of amides is 1. The molecular formula is C15H25N3OS. The normalized spacial score (nSPS) is 26.8. The van der Waals surface area contributed by atoms with Gasteiger partial charge in [-0.15, -0.1) is 11.3 Å². The smallest absolute Gasteiger partial charge is 0.270 e. The molecule has 1 aromatic heterocycles. The fourth-order valence-electron chi connectivity index (χ4n) is 3.12. The van der Waals surface area contributed by atoms with Crippen molar-refractivity contribution in [1.29, 1.82) is 0 Å². The molecule has 1 aliphatic carbocycles. The van der Waals surface area contributed by atoms with Crippen molar-refractivity contribution < 1.29 is 4.79 Å². The number of nitrogens with zero attached hydrogens (tertiary/aromatic N) is 1. The topological polar surface area (TPSA) is 68.0 Å². The van der Waals surface area contributed by atoms with Crippen molar-refractivity contribution in [3.05, 3.63) is 16.1 Å². The number of nitrogens with two attached hydrogens (primary N) is 1. The summed E-state index contributed by atoms with van der Waals surface area (Å²) >= 11 is 1.45. The van der Waals surface area contributed by atoms with Gasteiger partial charge in [-0.3, -0.25) is 4.79 Å². The van der Waals surface area contributed by atoms with Gasteiger partial charge < -0.3 is 11.1 Å². The summed E-state index contributed by atoms with van der Waals surface area (Å²) in [6.45, 7) is 7.16. The van der Waals surface area contributed by atoms with Crippen LogP contribution in [-0.4, -0.2) is 16.9 Å². The molecule has 1 aliphatic rings. The summed E-state index contributed by atoms with van der Waals surface area (Å²) < 4.78 is 0. The van der Waals surface area contributed by atoms with Gasteiger partial charge in [0.2, 0.25) is 0 Å². The Labute approximate surface area is 125 Å². The Hall–Kier alpha value is -0.940. The van der Waals surface area contributed by atoms with E-state index in [1.807, 2.05) is 0 Å². The van der Waals surface area contributed by atoms with E-state index in [9.17, 15) is 4.79 Å². The van der Waals surface area contributed by atoms with Crippen molar-refractivity contribution in [3.63, 3.8) is 0 Å². The Balaban J connectivity index is 2.03. The van der Waals surface area contributed by atoms with E-state index in [0.29, 0.717) is 30.0 Å². The molecule has 112 valence electrons. The minimum Gasteiger partial charge on any atom is -0.348 e. The predicted molar refractivity (Wildman–Crippen MR) is 82.6 cm³/mol. The third kappa shape index (κ3) is 3.58. The van der Waals surface area contributed by atoms with Gasteiger partial charge in [0.1, 0.15) is 10.7 Å². The van der Waals surface area contributed by atoms with Crippen LogP contribution >= 0.6 is 11.3 Å². The number of carbonyl (C=O) groups is 1. The average molecular weight is 295 g/mol. The molecule has 0 bridgehead atoms. The van der Waals surface area contributed by atoms with Crippen LogP contribution in [0.4, 0.5) is 0 Å². The van der Waals surface area contributed by atoms with Crippen LogP contribution in [0.1, 0.15) is 55.5 Å². The second kappa shape index (κ2) is 6.68. The Kier molecular flexibility index (Phi) is 5.16. The zero-order valence-electron chi connectivity index (χ0n) is 12.6. The molecule has 4 nitrogen and oxygen atoms in total. The van der Waals surface area contributed by atoms with Gasteiger partial charge in [-0.2, -0.15) is 0 Å². The molecule has 0 radical (unpaired) electrons. The first-order valence-electron chi connectivity index (χ1n) is 7.46. The fraction of sp³-hybridized carbons (Fsp3) is 0.733. The molecule has 3 N–H and O–H groups in total. The molecule has 3 unspecified atom stereocenters. The molecule has 0 aromatic carbocycles. The van der Waals surface area contributed by atoms with E-state index in [1.165, 1.54) is 24.2 Å². The lowest BCUT2D eigenvalue weighted by Crippen LogP contribution is -2.45. The highest BCUT2D eigenvalue weighted by atomic mass is 32.1. The zero-order chi connectivity index (χ0) is 14.7. The zero-order valence-corrected chi connectivity index (χ0v) is 13.4. The number of hydrogen-bond acceptors (Lipinski definition) is 4. The maximum atomic E-state index is 12.3. The van der Waals surface area contributed by atoms with E-state index >= 15 is 0 Å². The van der Waals surface area contributed by atoms with Gasteiger partial charge in [0.25, 0.3) is 5.91 Å². The van der Waals surface area contributed by atoms with Crippen LogP contribution < -0.4 is 11.1 Å². The predicted octanol–water partition coefficient (Wildman–Crippen LogP) is 2.79. The van der Waals surface area contributed by atoms with Gasteiger partial charge >= 0.3 is 0 Å². The summed E-state index contributed by atoms with van der Waals surface area (Å²) in [4.78, 5) is 16.6. The van der Waals surface area contributed by atoms with Gasteiger partial charge in [0.15, 0.2) is 0 Å². The quantitative estimate of drug-likeness (QED) is 0.897. The van der Waals surface area contributed by atoms with Gasteiger partial charge in [-0.25, -0.2) is 4.98 Å². The summed E-state index contributed by atoms with van der Waals surface area (Å²) in [5, 5.41) is 5.81. The summed E-state index contributed by atoms with van der Waals surface area (Å²) in [5.74, 6) is 1.81. The van der Waals surface area contributed by atoms with Crippen molar-refractivity contribution >= 4 is 17.2 Å². The van der Waals surface area contributed by atoms with Gasteiger partial charge in [-0.1, -0.05) is 27.2 Å². The molecule has 0 saturated heterocycles. The van der Waals surface area contributed by atoms with Crippen LogP contribution in [0.5, 0.6) is 0 Å². The molecule has 1 heterocycles. The van der Waals surface area contributed by atoms with Crippen LogP contribution in [0.3, 0.4) is 0 Å². The minimum atomic E-state index is -0.0503. The van der Waals surface area contributed by atoms with Gasteiger partial charge in [0, 0.05) is 18.0 Å². The van der Waals surface area contributed by atoms with Crippen LogP contribution in [0, 0.1) is 17.8 Å². The summed E-state index contributed by atoms with van der Waals surface area (Å²) in [6, 6.07) is 0.272. The molecule has 2 rings (SSSR count). The van der Waals surface area contributed by atoms with E-state index in [2.05, 4.69) is 31.1 Å². The SMILES string of the molecule is CC1CCC(C(C)C)C(NC(=O)c2csc(CN)n2)C1. The first kappa shape index (κ1) is 15.4. The minimum absolute atomic E-state index is 0.0503.